The van der Waals surface area contributed by atoms with Gasteiger partial charge in [0, 0.05) is 12.6 Å². The van der Waals surface area contributed by atoms with Crippen LogP contribution in [0.25, 0.3) is 0 Å². The molecule has 7 heteroatoms. The van der Waals surface area contributed by atoms with Gasteiger partial charge in [0.05, 0.1) is 21.7 Å². The lowest BCUT2D eigenvalue weighted by molar-refractivity contribution is 0.526. The summed E-state index contributed by atoms with van der Waals surface area (Å²) in [6.07, 6.45) is 0. The minimum absolute atomic E-state index is 0.157. The molecule has 2 aromatic rings. The Kier molecular flexibility index (Phi) is 4.99. The number of rotatable bonds is 5. The topological polar surface area (TPSA) is 80.3 Å². The van der Waals surface area contributed by atoms with Crippen molar-refractivity contribution in [3.05, 3.63) is 65.7 Å². The van der Waals surface area contributed by atoms with Crippen molar-refractivity contribution < 1.29 is 16.8 Å². The van der Waals surface area contributed by atoms with Gasteiger partial charge in [0.1, 0.15) is 0 Å². The zero-order valence-corrected chi connectivity index (χ0v) is 15.6. The van der Waals surface area contributed by atoms with Crippen molar-refractivity contribution in [3.63, 3.8) is 0 Å². The zero-order chi connectivity index (χ0) is 18.1. The Labute approximate surface area is 148 Å². The van der Waals surface area contributed by atoms with Crippen molar-refractivity contribution in [2.24, 2.45) is 0 Å². The van der Waals surface area contributed by atoms with E-state index in [0.29, 0.717) is 6.54 Å². The standard InChI is InChI=1S/C18H21NO4S2/c1-14-7-9-16(10-8-14)25(22,23)18-13-24(20,21)12-17(18)19-11-15-5-3-2-4-6-15/h2-10,17-19H,11-13H2,1H3. The number of aryl methyl sites for hydroxylation is 1. The molecular weight excluding hydrogens is 358 g/mol. The highest BCUT2D eigenvalue weighted by molar-refractivity contribution is 7.96. The Balaban J connectivity index is 1.85. The molecule has 1 heterocycles. The Bertz CT molecular complexity index is 936. The average Bonchev–Trinajstić information content (AvgIpc) is 2.90. The van der Waals surface area contributed by atoms with Gasteiger partial charge in [0.25, 0.3) is 0 Å². The highest BCUT2D eigenvalue weighted by Gasteiger charge is 2.45. The van der Waals surface area contributed by atoms with Crippen molar-refractivity contribution >= 4 is 19.7 Å². The molecule has 5 nitrogen and oxygen atoms in total. The summed E-state index contributed by atoms with van der Waals surface area (Å²) in [5.74, 6) is -0.495. The van der Waals surface area contributed by atoms with Gasteiger partial charge in [-0.05, 0) is 24.6 Å². The molecule has 1 aliphatic rings. The van der Waals surface area contributed by atoms with E-state index in [1.54, 1.807) is 24.3 Å². The van der Waals surface area contributed by atoms with Crippen LogP contribution in [-0.4, -0.2) is 39.6 Å². The molecule has 25 heavy (non-hydrogen) atoms. The van der Waals surface area contributed by atoms with Gasteiger partial charge in [0.2, 0.25) is 0 Å². The lowest BCUT2D eigenvalue weighted by atomic mass is 10.2. The summed E-state index contributed by atoms with van der Waals surface area (Å²) in [5, 5.41) is 2.16. The Hall–Kier alpha value is -1.70. The minimum atomic E-state index is -3.72. The smallest absolute Gasteiger partial charge is 0.183 e. The summed E-state index contributed by atoms with van der Waals surface area (Å²) in [5.41, 5.74) is 1.94. The third-order valence-electron chi connectivity index (χ3n) is 4.46. The lowest BCUT2D eigenvalue weighted by Crippen LogP contribution is -2.43. The van der Waals surface area contributed by atoms with Gasteiger partial charge in [-0.2, -0.15) is 0 Å². The second-order valence-corrected chi connectivity index (χ2v) is 10.8. The van der Waals surface area contributed by atoms with Crippen LogP contribution < -0.4 is 5.32 Å². The zero-order valence-electron chi connectivity index (χ0n) is 13.9. The summed E-state index contributed by atoms with van der Waals surface area (Å²) in [7, 11) is -7.11. The normalized spacial score (nSPS) is 22.8. The number of nitrogens with one attached hydrogen (secondary N) is 1. The SMILES string of the molecule is Cc1ccc(S(=O)(=O)C2CS(=O)(=O)CC2NCc2ccccc2)cc1. The van der Waals surface area contributed by atoms with Crippen molar-refractivity contribution in [1.82, 2.24) is 5.32 Å². The number of sulfone groups is 2. The molecule has 2 unspecified atom stereocenters. The molecule has 0 radical (unpaired) electrons. The highest BCUT2D eigenvalue weighted by Crippen LogP contribution is 2.26. The van der Waals surface area contributed by atoms with Gasteiger partial charge in [-0.25, -0.2) is 16.8 Å². The van der Waals surface area contributed by atoms with Crippen LogP contribution in [-0.2, 0) is 26.2 Å². The molecule has 1 aliphatic heterocycles. The maximum atomic E-state index is 13.0. The summed E-state index contributed by atoms with van der Waals surface area (Å²) >= 11 is 0. The van der Waals surface area contributed by atoms with Crippen LogP contribution in [0.5, 0.6) is 0 Å². The molecular formula is C18H21NO4S2. The van der Waals surface area contributed by atoms with Crippen LogP contribution in [0.3, 0.4) is 0 Å². The van der Waals surface area contributed by atoms with Gasteiger partial charge in [-0.1, -0.05) is 48.0 Å². The van der Waals surface area contributed by atoms with Crippen LogP contribution in [0.15, 0.2) is 59.5 Å². The van der Waals surface area contributed by atoms with E-state index in [-0.39, 0.29) is 16.4 Å². The van der Waals surface area contributed by atoms with E-state index in [4.69, 9.17) is 0 Å². The maximum absolute atomic E-state index is 13.0. The maximum Gasteiger partial charge on any atom is 0.183 e. The number of benzene rings is 2. The van der Waals surface area contributed by atoms with Crippen LogP contribution in [0.2, 0.25) is 0 Å². The molecule has 134 valence electrons. The van der Waals surface area contributed by atoms with Crippen LogP contribution in [0.4, 0.5) is 0 Å². The Morgan fingerprint density at radius 3 is 2.28 bits per heavy atom. The van der Waals surface area contributed by atoms with Crippen LogP contribution >= 0.6 is 0 Å². The molecule has 1 saturated heterocycles. The first-order chi connectivity index (χ1) is 11.8. The quantitative estimate of drug-likeness (QED) is 0.856. The minimum Gasteiger partial charge on any atom is -0.308 e. The number of hydrogen-bond donors (Lipinski definition) is 1. The average molecular weight is 380 g/mol. The van der Waals surface area contributed by atoms with Crippen molar-refractivity contribution in [1.29, 1.82) is 0 Å². The summed E-state index contributed by atoms with van der Waals surface area (Å²) in [4.78, 5) is 0.173. The first-order valence-corrected chi connectivity index (χ1v) is 11.4. The molecule has 0 spiro atoms. The highest BCUT2D eigenvalue weighted by atomic mass is 32.2. The molecule has 2 atom stereocenters. The van der Waals surface area contributed by atoms with E-state index in [0.717, 1.165) is 11.1 Å². The fourth-order valence-electron chi connectivity index (χ4n) is 3.06. The molecule has 0 bridgehead atoms. The number of hydrogen-bond acceptors (Lipinski definition) is 5. The van der Waals surface area contributed by atoms with E-state index in [1.807, 2.05) is 37.3 Å². The lowest BCUT2D eigenvalue weighted by Gasteiger charge is -2.20. The molecule has 3 rings (SSSR count). The fraction of sp³-hybridized carbons (Fsp3) is 0.333. The van der Waals surface area contributed by atoms with Crippen LogP contribution in [0.1, 0.15) is 11.1 Å². The third kappa shape index (κ3) is 4.11. The van der Waals surface area contributed by atoms with Gasteiger partial charge in [-0.3, -0.25) is 0 Å². The summed E-state index contributed by atoms with van der Waals surface area (Å²) in [6.45, 7) is 2.31. The Morgan fingerprint density at radius 1 is 1.00 bits per heavy atom. The first kappa shape index (κ1) is 18.1. The molecule has 0 amide bonds. The molecule has 1 fully saturated rings. The molecule has 0 aromatic heterocycles. The monoisotopic (exact) mass is 379 g/mol. The van der Waals surface area contributed by atoms with Gasteiger partial charge < -0.3 is 5.32 Å². The van der Waals surface area contributed by atoms with Crippen molar-refractivity contribution in [3.8, 4) is 0 Å². The molecule has 0 aliphatic carbocycles. The van der Waals surface area contributed by atoms with Gasteiger partial charge >= 0.3 is 0 Å². The summed E-state index contributed by atoms with van der Waals surface area (Å²) in [6, 6.07) is 15.4. The van der Waals surface area contributed by atoms with E-state index < -0.39 is 31.0 Å². The molecule has 0 saturated carbocycles. The second-order valence-electron chi connectivity index (χ2n) is 6.45. The predicted octanol–water partition coefficient (Wildman–Crippen LogP) is 1.72. The molecule has 1 N–H and O–H groups in total. The Morgan fingerprint density at radius 2 is 1.64 bits per heavy atom. The van der Waals surface area contributed by atoms with Crippen molar-refractivity contribution in [2.75, 3.05) is 11.5 Å². The summed E-state index contributed by atoms with van der Waals surface area (Å²) < 4.78 is 50.1. The second kappa shape index (κ2) is 6.90. The van der Waals surface area contributed by atoms with E-state index in [2.05, 4.69) is 5.32 Å². The predicted molar refractivity (Wildman–Crippen MR) is 97.9 cm³/mol. The fourth-order valence-corrected chi connectivity index (χ4v) is 7.78. The van der Waals surface area contributed by atoms with E-state index in [1.165, 1.54) is 0 Å². The third-order valence-corrected chi connectivity index (χ3v) is 8.63. The molecule has 2 aromatic carbocycles. The van der Waals surface area contributed by atoms with Crippen LogP contribution in [0, 0.1) is 6.92 Å². The van der Waals surface area contributed by atoms with Gasteiger partial charge in [-0.15, -0.1) is 0 Å². The largest absolute Gasteiger partial charge is 0.308 e. The van der Waals surface area contributed by atoms with Crippen molar-refractivity contribution in [2.45, 2.75) is 29.7 Å². The first-order valence-electron chi connectivity index (χ1n) is 8.06. The van der Waals surface area contributed by atoms with E-state index >= 15 is 0 Å². The van der Waals surface area contributed by atoms with E-state index in [9.17, 15) is 16.8 Å². The van der Waals surface area contributed by atoms with Gasteiger partial charge in [0.15, 0.2) is 19.7 Å².